The molecular formula is C13H17F2N3. The van der Waals surface area contributed by atoms with Crippen molar-refractivity contribution in [1.82, 2.24) is 15.1 Å². The van der Waals surface area contributed by atoms with Crippen LogP contribution in [0.15, 0.2) is 12.1 Å². The Balaban J connectivity index is 2.24. The molecule has 0 atom stereocenters. The van der Waals surface area contributed by atoms with Crippen molar-refractivity contribution in [3.8, 4) is 0 Å². The second-order valence-electron chi connectivity index (χ2n) is 4.80. The van der Waals surface area contributed by atoms with Crippen molar-refractivity contribution in [2.75, 3.05) is 13.6 Å². The number of hydrogen-bond donors (Lipinski definition) is 1. The van der Waals surface area contributed by atoms with Gasteiger partial charge < -0.3 is 4.90 Å². The van der Waals surface area contributed by atoms with E-state index >= 15 is 0 Å². The normalized spacial score (nSPS) is 11.9. The van der Waals surface area contributed by atoms with Crippen molar-refractivity contribution in [2.24, 2.45) is 0 Å². The van der Waals surface area contributed by atoms with Gasteiger partial charge in [0.1, 0.15) is 11.3 Å². The number of nitrogens with zero attached hydrogens (tertiary/aromatic N) is 2. The Bertz CT molecular complexity index is 548. The Hall–Kier alpha value is -1.49. The molecule has 0 spiro atoms. The van der Waals surface area contributed by atoms with E-state index in [9.17, 15) is 8.78 Å². The molecule has 0 radical (unpaired) electrons. The Kier molecular flexibility index (Phi) is 3.61. The molecule has 0 saturated carbocycles. The van der Waals surface area contributed by atoms with E-state index in [0.717, 1.165) is 12.6 Å². The molecule has 0 fully saturated rings. The average molecular weight is 253 g/mol. The molecule has 2 aromatic rings. The molecule has 0 unspecified atom stereocenters. The summed E-state index contributed by atoms with van der Waals surface area (Å²) in [4.78, 5) is 2.16. The molecule has 0 amide bonds. The number of nitrogens with one attached hydrogen (secondary N) is 1. The summed E-state index contributed by atoms with van der Waals surface area (Å²) in [5.41, 5.74) is 0.981. The lowest BCUT2D eigenvalue weighted by atomic mass is 10.1. The predicted octanol–water partition coefficient (Wildman–Crippen LogP) is 2.72. The number of likely N-dealkylation sites (N-methyl/N-ethyl adjacent to an activating group) is 1. The highest BCUT2D eigenvalue weighted by atomic mass is 19.1. The van der Waals surface area contributed by atoms with Crippen LogP contribution in [0.1, 0.15) is 19.5 Å². The fourth-order valence-electron chi connectivity index (χ4n) is 1.83. The Morgan fingerprint density at radius 1 is 1.33 bits per heavy atom. The van der Waals surface area contributed by atoms with Crippen molar-refractivity contribution in [3.05, 3.63) is 29.5 Å². The summed E-state index contributed by atoms with van der Waals surface area (Å²) in [6, 6.07) is 2.63. The summed E-state index contributed by atoms with van der Waals surface area (Å²) < 4.78 is 26.7. The number of hydrogen-bond acceptors (Lipinski definition) is 2. The number of rotatable bonds is 4. The summed E-state index contributed by atoms with van der Waals surface area (Å²) in [6.45, 7) is 5.00. The van der Waals surface area contributed by atoms with E-state index in [1.807, 2.05) is 7.05 Å². The Morgan fingerprint density at radius 2 is 2.06 bits per heavy atom. The molecule has 0 aliphatic rings. The van der Waals surface area contributed by atoms with Crippen LogP contribution in [0.3, 0.4) is 0 Å². The average Bonchev–Trinajstić information content (AvgIpc) is 2.69. The van der Waals surface area contributed by atoms with Gasteiger partial charge in [-0.3, -0.25) is 5.10 Å². The zero-order valence-corrected chi connectivity index (χ0v) is 10.8. The number of halogens is 2. The maximum atomic E-state index is 13.5. The molecule has 1 heterocycles. The van der Waals surface area contributed by atoms with Gasteiger partial charge in [-0.05, 0) is 27.0 Å². The third-order valence-corrected chi connectivity index (χ3v) is 3.25. The minimum Gasteiger partial charge on any atom is -0.304 e. The third kappa shape index (κ3) is 2.51. The second kappa shape index (κ2) is 5.02. The lowest BCUT2D eigenvalue weighted by Crippen LogP contribution is -2.28. The van der Waals surface area contributed by atoms with Crippen molar-refractivity contribution in [2.45, 2.75) is 26.3 Å². The fourth-order valence-corrected chi connectivity index (χ4v) is 1.83. The van der Waals surface area contributed by atoms with Crippen LogP contribution >= 0.6 is 0 Å². The van der Waals surface area contributed by atoms with E-state index in [2.05, 4.69) is 28.9 Å². The maximum Gasteiger partial charge on any atom is 0.151 e. The van der Waals surface area contributed by atoms with Gasteiger partial charge in [-0.15, -0.1) is 0 Å². The van der Waals surface area contributed by atoms with Gasteiger partial charge in [0.15, 0.2) is 5.82 Å². The van der Waals surface area contributed by atoms with Gasteiger partial charge in [0.05, 0.1) is 5.69 Å². The number of benzene rings is 1. The summed E-state index contributed by atoms with van der Waals surface area (Å²) in [6.07, 6.45) is 0.664. The first-order valence-electron chi connectivity index (χ1n) is 6.01. The van der Waals surface area contributed by atoms with E-state index in [4.69, 9.17) is 0 Å². The SMILES string of the molecule is CC(C)N(C)CCc1n[nH]c2c(F)cc(F)cc12. The molecule has 18 heavy (non-hydrogen) atoms. The van der Waals surface area contributed by atoms with Gasteiger partial charge >= 0.3 is 0 Å². The highest BCUT2D eigenvalue weighted by Gasteiger charge is 2.12. The minimum absolute atomic E-state index is 0.276. The van der Waals surface area contributed by atoms with Crippen LogP contribution in [0.5, 0.6) is 0 Å². The summed E-state index contributed by atoms with van der Waals surface area (Å²) in [5, 5.41) is 7.23. The molecule has 0 bridgehead atoms. The first kappa shape index (κ1) is 13.0. The monoisotopic (exact) mass is 253 g/mol. The highest BCUT2D eigenvalue weighted by Crippen LogP contribution is 2.21. The van der Waals surface area contributed by atoms with E-state index in [1.54, 1.807) is 0 Å². The number of aromatic amines is 1. The Labute approximate surface area is 105 Å². The van der Waals surface area contributed by atoms with E-state index in [0.29, 0.717) is 23.5 Å². The number of aromatic nitrogens is 2. The minimum atomic E-state index is -0.596. The highest BCUT2D eigenvalue weighted by molar-refractivity contribution is 5.81. The first-order chi connectivity index (χ1) is 8.49. The molecule has 1 aromatic heterocycles. The van der Waals surface area contributed by atoms with Crippen molar-refractivity contribution in [1.29, 1.82) is 0 Å². The summed E-state index contributed by atoms with van der Waals surface area (Å²) in [7, 11) is 2.01. The molecular weight excluding hydrogens is 236 g/mol. The largest absolute Gasteiger partial charge is 0.304 e. The van der Waals surface area contributed by atoms with Crippen LogP contribution in [-0.2, 0) is 6.42 Å². The Morgan fingerprint density at radius 3 is 2.72 bits per heavy atom. The molecule has 0 aliphatic heterocycles. The van der Waals surface area contributed by atoms with Crippen LogP contribution in [-0.4, -0.2) is 34.7 Å². The lowest BCUT2D eigenvalue weighted by Gasteiger charge is -2.20. The van der Waals surface area contributed by atoms with Gasteiger partial charge in [-0.1, -0.05) is 0 Å². The quantitative estimate of drug-likeness (QED) is 0.908. The molecule has 1 N–H and O–H groups in total. The van der Waals surface area contributed by atoms with Crippen LogP contribution in [0.2, 0.25) is 0 Å². The van der Waals surface area contributed by atoms with Gasteiger partial charge in [0, 0.05) is 30.5 Å². The van der Waals surface area contributed by atoms with Gasteiger partial charge in [-0.2, -0.15) is 5.10 Å². The second-order valence-corrected chi connectivity index (χ2v) is 4.80. The summed E-state index contributed by atoms with van der Waals surface area (Å²) in [5.74, 6) is -1.17. The zero-order valence-electron chi connectivity index (χ0n) is 10.8. The molecule has 0 aliphatic carbocycles. The van der Waals surface area contributed by atoms with E-state index in [1.165, 1.54) is 6.07 Å². The van der Waals surface area contributed by atoms with Crippen molar-refractivity contribution >= 4 is 10.9 Å². The standard InChI is InChI=1S/C13H17F2N3/c1-8(2)18(3)5-4-12-10-6-9(14)7-11(15)13(10)17-16-12/h6-8H,4-5H2,1-3H3,(H,16,17). The maximum absolute atomic E-state index is 13.5. The number of H-pyrrole nitrogens is 1. The van der Waals surface area contributed by atoms with Gasteiger partial charge in [0.25, 0.3) is 0 Å². The first-order valence-corrected chi connectivity index (χ1v) is 6.01. The van der Waals surface area contributed by atoms with Crippen molar-refractivity contribution in [3.63, 3.8) is 0 Å². The molecule has 2 rings (SSSR count). The molecule has 5 heteroatoms. The van der Waals surface area contributed by atoms with Crippen molar-refractivity contribution < 1.29 is 8.78 Å². The topological polar surface area (TPSA) is 31.9 Å². The summed E-state index contributed by atoms with van der Waals surface area (Å²) >= 11 is 0. The predicted molar refractivity (Wildman–Crippen MR) is 67.5 cm³/mol. The molecule has 0 saturated heterocycles. The smallest absolute Gasteiger partial charge is 0.151 e. The van der Waals surface area contributed by atoms with E-state index in [-0.39, 0.29) is 5.52 Å². The van der Waals surface area contributed by atoms with Crippen LogP contribution in [0.25, 0.3) is 10.9 Å². The van der Waals surface area contributed by atoms with Crippen LogP contribution in [0.4, 0.5) is 8.78 Å². The van der Waals surface area contributed by atoms with Gasteiger partial charge in [-0.25, -0.2) is 8.78 Å². The van der Waals surface area contributed by atoms with Crippen LogP contribution in [0, 0.1) is 11.6 Å². The third-order valence-electron chi connectivity index (χ3n) is 3.25. The van der Waals surface area contributed by atoms with Crippen LogP contribution < -0.4 is 0 Å². The number of fused-ring (bicyclic) bond motifs is 1. The molecule has 3 nitrogen and oxygen atoms in total. The molecule has 1 aromatic carbocycles. The zero-order chi connectivity index (χ0) is 13.3. The van der Waals surface area contributed by atoms with E-state index < -0.39 is 11.6 Å². The molecule has 98 valence electrons. The fraction of sp³-hybridized carbons (Fsp3) is 0.462. The van der Waals surface area contributed by atoms with Gasteiger partial charge in [0.2, 0.25) is 0 Å². The lowest BCUT2D eigenvalue weighted by molar-refractivity contribution is 0.277.